The monoisotopic (exact) mass is 369 g/mol. The Hall–Kier alpha value is -0.770. The number of nitrogens with one attached hydrogen (secondary N) is 1. The van der Waals surface area contributed by atoms with E-state index >= 15 is 0 Å². The minimum absolute atomic E-state index is 0.357. The summed E-state index contributed by atoms with van der Waals surface area (Å²) in [6, 6.07) is 2.64. The Bertz CT molecular complexity index is 743. The lowest BCUT2D eigenvalue weighted by molar-refractivity contribution is 0.553. The van der Waals surface area contributed by atoms with Crippen LogP contribution < -0.4 is 4.72 Å². The van der Waals surface area contributed by atoms with E-state index in [-0.39, 0.29) is 5.75 Å². The molecule has 5 nitrogen and oxygen atoms in total. The third-order valence-corrected chi connectivity index (χ3v) is 5.83. The van der Waals surface area contributed by atoms with E-state index in [0.717, 1.165) is 17.5 Å². The highest BCUT2D eigenvalue weighted by Crippen LogP contribution is 2.20. The van der Waals surface area contributed by atoms with Gasteiger partial charge in [0.2, 0.25) is 10.0 Å². The topological polar surface area (TPSA) is 80.3 Å². The normalized spacial score (nSPS) is 21.7. The van der Waals surface area contributed by atoms with Crippen LogP contribution in [0.1, 0.15) is 0 Å². The maximum absolute atomic E-state index is 13.6. The summed E-state index contributed by atoms with van der Waals surface area (Å²) in [6.07, 6.45) is 1.23. The van der Waals surface area contributed by atoms with Gasteiger partial charge in [-0.15, -0.1) is 0 Å². The summed E-state index contributed by atoms with van der Waals surface area (Å²) in [5.41, 5.74) is 0. The van der Waals surface area contributed by atoms with Crippen LogP contribution in [0.15, 0.2) is 39.1 Å². The molecule has 0 aliphatic carbocycles. The second-order valence-electron chi connectivity index (χ2n) is 3.96. The highest BCUT2D eigenvalue weighted by atomic mass is 79.9. The van der Waals surface area contributed by atoms with Crippen molar-refractivity contribution in [3.05, 3.63) is 40.0 Å². The molecule has 0 fully saturated rings. The van der Waals surface area contributed by atoms with Crippen molar-refractivity contribution < 1.29 is 21.2 Å². The standard InChI is InChI=1S/C10H9BrFNO4S2/c11-7-1-2-10(9(12)5-7)19(16,17)13-8-3-4-18(14,15)6-8/h1-5,8,13H,6H2. The van der Waals surface area contributed by atoms with Gasteiger partial charge in [-0.2, -0.15) is 0 Å². The van der Waals surface area contributed by atoms with Crippen LogP contribution >= 0.6 is 15.9 Å². The fourth-order valence-corrected chi connectivity index (χ4v) is 4.53. The summed E-state index contributed by atoms with van der Waals surface area (Å²) in [4.78, 5) is -0.520. The molecule has 1 aromatic carbocycles. The number of sulfonamides is 1. The van der Waals surface area contributed by atoms with Crippen molar-refractivity contribution in [1.29, 1.82) is 0 Å². The fraction of sp³-hybridized carbons (Fsp3) is 0.200. The number of hydrogen-bond donors (Lipinski definition) is 1. The van der Waals surface area contributed by atoms with E-state index in [1.165, 1.54) is 12.1 Å². The van der Waals surface area contributed by atoms with Gasteiger partial charge in [-0.25, -0.2) is 25.9 Å². The summed E-state index contributed by atoms with van der Waals surface area (Å²) in [7, 11) is -7.48. The Morgan fingerprint density at radius 3 is 2.58 bits per heavy atom. The van der Waals surface area contributed by atoms with Gasteiger partial charge in [0.15, 0.2) is 9.84 Å². The predicted octanol–water partition coefficient (Wildman–Crippen LogP) is 1.18. The second kappa shape index (κ2) is 4.97. The number of hydrogen-bond acceptors (Lipinski definition) is 4. The van der Waals surface area contributed by atoms with Crippen molar-refractivity contribution in [2.24, 2.45) is 0 Å². The average molecular weight is 370 g/mol. The van der Waals surface area contributed by atoms with Gasteiger partial charge in [-0.05, 0) is 18.2 Å². The highest BCUT2D eigenvalue weighted by Gasteiger charge is 2.28. The largest absolute Gasteiger partial charge is 0.244 e. The molecule has 1 heterocycles. The van der Waals surface area contributed by atoms with Crippen molar-refractivity contribution in [3.63, 3.8) is 0 Å². The first-order valence-electron chi connectivity index (χ1n) is 5.08. The van der Waals surface area contributed by atoms with Crippen molar-refractivity contribution in [3.8, 4) is 0 Å². The molecule has 1 unspecified atom stereocenters. The van der Waals surface area contributed by atoms with Gasteiger partial charge >= 0.3 is 0 Å². The molecule has 1 N–H and O–H groups in total. The van der Waals surface area contributed by atoms with E-state index < -0.39 is 36.6 Å². The zero-order chi connectivity index (χ0) is 14.3. The first-order valence-corrected chi connectivity index (χ1v) is 9.07. The first kappa shape index (κ1) is 14.6. The Morgan fingerprint density at radius 2 is 2.05 bits per heavy atom. The molecule has 0 radical (unpaired) electrons. The molecule has 104 valence electrons. The quantitative estimate of drug-likeness (QED) is 0.867. The summed E-state index contributed by atoms with van der Waals surface area (Å²) < 4.78 is 62.4. The van der Waals surface area contributed by atoms with Crippen LogP contribution in [0.2, 0.25) is 0 Å². The summed E-state index contributed by atoms with van der Waals surface area (Å²) >= 11 is 3.02. The molecule has 0 bridgehead atoms. The molecular formula is C10H9BrFNO4S2. The van der Waals surface area contributed by atoms with Gasteiger partial charge in [-0.1, -0.05) is 22.0 Å². The SMILES string of the molecule is O=S1(=O)C=CC(NS(=O)(=O)c2ccc(Br)cc2F)C1. The Labute approximate surface area is 118 Å². The molecule has 2 rings (SSSR count). The van der Waals surface area contributed by atoms with Gasteiger partial charge in [0.25, 0.3) is 0 Å². The third kappa shape index (κ3) is 3.41. The van der Waals surface area contributed by atoms with Crippen LogP contribution in [-0.4, -0.2) is 28.6 Å². The van der Waals surface area contributed by atoms with Gasteiger partial charge in [0, 0.05) is 9.88 Å². The lowest BCUT2D eigenvalue weighted by Crippen LogP contribution is -2.35. The molecule has 0 saturated carbocycles. The van der Waals surface area contributed by atoms with E-state index in [1.807, 2.05) is 0 Å². The van der Waals surface area contributed by atoms with Crippen molar-refractivity contribution in [2.45, 2.75) is 10.9 Å². The van der Waals surface area contributed by atoms with E-state index in [4.69, 9.17) is 0 Å². The molecule has 1 aliphatic heterocycles. The minimum Gasteiger partial charge on any atom is -0.224 e. The molecule has 1 aromatic rings. The maximum atomic E-state index is 13.6. The Balaban J connectivity index is 2.27. The van der Waals surface area contributed by atoms with Crippen LogP contribution in [-0.2, 0) is 19.9 Å². The van der Waals surface area contributed by atoms with Crippen molar-refractivity contribution in [1.82, 2.24) is 4.72 Å². The van der Waals surface area contributed by atoms with Crippen LogP contribution in [0.5, 0.6) is 0 Å². The van der Waals surface area contributed by atoms with Gasteiger partial charge in [0.1, 0.15) is 10.7 Å². The lowest BCUT2D eigenvalue weighted by atomic mass is 10.3. The smallest absolute Gasteiger partial charge is 0.224 e. The molecule has 0 spiro atoms. The van der Waals surface area contributed by atoms with Crippen LogP contribution in [0.4, 0.5) is 4.39 Å². The molecule has 1 atom stereocenters. The molecule has 1 aliphatic rings. The van der Waals surface area contributed by atoms with E-state index in [2.05, 4.69) is 20.7 Å². The summed E-state index contributed by atoms with van der Waals surface area (Å²) in [6.45, 7) is 0. The van der Waals surface area contributed by atoms with Crippen LogP contribution in [0.25, 0.3) is 0 Å². The predicted molar refractivity (Wildman–Crippen MR) is 71.1 cm³/mol. The number of benzene rings is 1. The summed E-state index contributed by atoms with van der Waals surface area (Å²) in [5, 5.41) is 0.943. The molecule has 0 aromatic heterocycles. The molecule has 19 heavy (non-hydrogen) atoms. The van der Waals surface area contributed by atoms with Gasteiger partial charge in [-0.3, -0.25) is 0 Å². The Kier molecular flexibility index (Phi) is 3.83. The van der Waals surface area contributed by atoms with Gasteiger partial charge < -0.3 is 0 Å². The highest BCUT2D eigenvalue weighted by molar-refractivity contribution is 9.10. The fourth-order valence-electron chi connectivity index (χ4n) is 1.61. The van der Waals surface area contributed by atoms with E-state index in [9.17, 15) is 21.2 Å². The first-order chi connectivity index (χ1) is 8.70. The number of sulfone groups is 1. The molecule has 0 amide bonds. The second-order valence-corrected chi connectivity index (χ2v) is 8.49. The van der Waals surface area contributed by atoms with E-state index in [1.54, 1.807) is 0 Å². The lowest BCUT2D eigenvalue weighted by Gasteiger charge is -2.11. The Morgan fingerprint density at radius 1 is 1.37 bits per heavy atom. The van der Waals surface area contributed by atoms with Crippen molar-refractivity contribution >= 4 is 35.8 Å². The number of halogens is 2. The van der Waals surface area contributed by atoms with E-state index in [0.29, 0.717) is 4.47 Å². The van der Waals surface area contributed by atoms with Crippen LogP contribution in [0.3, 0.4) is 0 Å². The molecular weight excluding hydrogens is 361 g/mol. The zero-order valence-corrected chi connectivity index (χ0v) is 12.6. The van der Waals surface area contributed by atoms with Gasteiger partial charge in [0.05, 0.1) is 11.8 Å². The summed E-state index contributed by atoms with van der Waals surface area (Å²) in [5.74, 6) is -1.27. The minimum atomic E-state index is -4.10. The molecule has 0 saturated heterocycles. The zero-order valence-electron chi connectivity index (χ0n) is 9.38. The third-order valence-electron chi connectivity index (χ3n) is 2.42. The molecule has 9 heteroatoms. The maximum Gasteiger partial charge on any atom is 0.244 e. The number of rotatable bonds is 3. The van der Waals surface area contributed by atoms with Crippen molar-refractivity contribution in [2.75, 3.05) is 5.75 Å². The van der Waals surface area contributed by atoms with Crippen LogP contribution in [0, 0.1) is 5.82 Å². The average Bonchev–Trinajstić information content (AvgIpc) is 2.56.